The monoisotopic (exact) mass is 324 g/mol. The first kappa shape index (κ1) is 14.9. The molecule has 1 aromatic rings. The molecule has 1 atom stereocenters. The van der Waals surface area contributed by atoms with E-state index in [4.69, 9.17) is 5.73 Å². The Kier molecular flexibility index (Phi) is 4.57. The number of anilines is 1. The summed E-state index contributed by atoms with van der Waals surface area (Å²) in [5.74, 6) is 0. The Morgan fingerprint density at radius 2 is 2.00 bits per heavy atom. The summed E-state index contributed by atoms with van der Waals surface area (Å²) in [6.07, 6.45) is 3.85. The van der Waals surface area contributed by atoms with Crippen molar-refractivity contribution in [1.29, 1.82) is 0 Å². The first-order valence-corrected chi connectivity index (χ1v) is 8.04. The molecule has 3 heteroatoms. The van der Waals surface area contributed by atoms with E-state index in [1.54, 1.807) is 0 Å². The van der Waals surface area contributed by atoms with Crippen LogP contribution in [0.3, 0.4) is 0 Å². The third-order valence-corrected chi connectivity index (χ3v) is 5.30. The number of hydrogen-bond acceptors (Lipinski definition) is 2. The molecule has 19 heavy (non-hydrogen) atoms. The molecule has 106 valence electrons. The molecule has 1 aliphatic heterocycles. The van der Waals surface area contributed by atoms with Gasteiger partial charge in [-0.1, -0.05) is 26.3 Å². The molecule has 1 fully saturated rings. The van der Waals surface area contributed by atoms with E-state index in [0.717, 1.165) is 13.1 Å². The van der Waals surface area contributed by atoms with Gasteiger partial charge in [0, 0.05) is 23.6 Å². The average Bonchev–Trinajstić information content (AvgIpc) is 2.40. The van der Waals surface area contributed by atoms with Crippen LogP contribution in [-0.2, 0) is 0 Å². The fourth-order valence-corrected chi connectivity index (χ4v) is 3.35. The largest absolute Gasteiger partial charge is 0.371 e. The van der Waals surface area contributed by atoms with Crippen LogP contribution in [0, 0.1) is 5.41 Å². The van der Waals surface area contributed by atoms with Gasteiger partial charge in [-0.2, -0.15) is 0 Å². The zero-order valence-corrected chi connectivity index (χ0v) is 13.8. The van der Waals surface area contributed by atoms with Gasteiger partial charge in [-0.3, -0.25) is 0 Å². The predicted octanol–water partition coefficient (Wildman–Crippen LogP) is 4.49. The van der Waals surface area contributed by atoms with Crippen LogP contribution in [0.2, 0.25) is 0 Å². The fraction of sp³-hybridized carbons (Fsp3) is 0.625. The third kappa shape index (κ3) is 3.32. The Hall–Kier alpha value is -0.540. The van der Waals surface area contributed by atoms with Crippen LogP contribution in [0.1, 0.15) is 51.6 Å². The van der Waals surface area contributed by atoms with Crippen molar-refractivity contribution in [2.24, 2.45) is 11.1 Å². The molecule has 0 saturated carbocycles. The molecule has 0 bridgehead atoms. The van der Waals surface area contributed by atoms with Crippen molar-refractivity contribution < 1.29 is 0 Å². The lowest BCUT2D eigenvalue weighted by Gasteiger charge is -2.40. The van der Waals surface area contributed by atoms with Gasteiger partial charge < -0.3 is 10.6 Å². The molecule has 0 aliphatic carbocycles. The quantitative estimate of drug-likeness (QED) is 0.887. The Balaban J connectivity index is 2.12. The van der Waals surface area contributed by atoms with E-state index in [1.165, 1.54) is 35.0 Å². The van der Waals surface area contributed by atoms with Crippen LogP contribution in [0.4, 0.5) is 5.69 Å². The number of halogens is 1. The Labute approximate surface area is 125 Å². The van der Waals surface area contributed by atoms with Crippen LogP contribution >= 0.6 is 15.9 Å². The first-order valence-electron chi connectivity index (χ1n) is 7.25. The topological polar surface area (TPSA) is 29.3 Å². The zero-order valence-electron chi connectivity index (χ0n) is 12.2. The first-order chi connectivity index (χ1) is 8.95. The summed E-state index contributed by atoms with van der Waals surface area (Å²) in [7, 11) is 0. The number of hydrogen-bond donors (Lipinski definition) is 1. The maximum Gasteiger partial charge on any atom is 0.0510 e. The Morgan fingerprint density at radius 3 is 2.47 bits per heavy atom. The van der Waals surface area contributed by atoms with Crippen LogP contribution in [0.5, 0.6) is 0 Å². The molecule has 2 nitrogen and oxygen atoms in total. The number of rotatable bonds is 3. The Morgan fingerprint density at radius 1 is 1.37 bits per heavy atom. The molecule has 0 radical (unpaired) electrons. The summed E-state index contributed by atoms with van der Waals surface area (Å²) in [6.45, 7) is 9.05. The number of benzene rings is 1. The van der Waals surface area contributed by atoms with Crippen molar-refractivity contribution >= 4 is 21.6 Å². The number of nitrogens with two attached hydrogens (primary N) is 1. The summed E-state index contributed by atoms with van der Waals surface area (Å²) in [6, 6.07) is 6.61. The van der Waals surface area contributed by atoms with E-state index in [0.29, 0.717) is 5.41 Å². The second-order valence-electron chi connectivity index (χ2n) is 6.15. The minimum atomic E-state index is 0.0927. The standard InChI is InChI=1S/C16H25BrN2/c1-4-16(3)7-9-19(10-8-16)15-6-5-13(12(2)18)11-14(15)17/h5-6,11-12H,4,7-10,18H2,1-3H3/t12-/m1/s1. The summed E-state index contributed by atoms with van der Waals surface area (Å²) in [4.78, 5) is 2.49. The molecule has 1 saturated heterocycles. The van der Waals surface area contributed by atoms with Gasteiger partial charge in [0.2, 0.25) is 0 Å². The normalized spacial score (nSPS) is 20.4. The van der Waals surface area contributed by atoms with Gasteiger partial charge in [0.15, 0.2) is 0 Å². The van der Waals surface area contributed by atoms with Gasteiger partial charge in [-0.05, 0) is 58.8 Å². The highest BCUT2D eigenvalue weighted by molar-refractivity contribution is 9.10. The van der Waals surface area contributed by atoms with E-state index in [-0.39, 0.29) is 6.04 Å². The number of nitrogens with zero attached hydrogens (tertiary/aromatic N) is 1. The lowest BCUT2D eigenvalue weighted by Crippen LogP contribution is -2.38. The highest BCUT2D eigenvalue weighted by Gasteiger charge is 2.28. The molecular formula is C16H25BrN2. The SMILES string of the molecule is CCC1(C)CCN(c2ccc([C@@H](C)N)cc2Br)CC1. The molecule has 1 aliphatic rings. The Bertz CT molecular complexity index is 434. The lowest BCUT2D eigenvalue weighted by atomic mass is 9.78. The highest BCUT2D eigenvalue weighted by atomic mass is 79.9. The van der Waals surface area contributed by atoms with Gasteiger partial charge in [-0.15, -0.1) is 0 Å². The van der Waals surface area contributed by atoms with Crippen molar-refractivity contribution in [3.05, 3.63) is 28.2 Å². The van der Waals surface area contributed by atoms with Crippen molar-refractivity contribution in [3.8, 4) is 0 Å². The van der Waals surface area contributed by atoms with Crippen molar-refractivity contribution in [2.75, 3.05) is 18.0 Å². The van der Waals surface area contributed by atoms with E-state index in [2.05, 4.69) is 52.9 Å². The maximum atomic E-state index is 5.93. The van der Waals surface area contributed by atoms with Gasteiger partial charge in [0.25, 0.3) is 0 Å². The summed E-state index contributed by atoms with van der Waals surface area (Å²) < 4.78 is 1.17. The molecule has 2 rings (SSSR count). The lowest BCUT2D eigenvalue weighted by molar-refractivity contribution is 0.238. The molecule has 0 spiro atoms. The van der Waals surface area contributed by atoms with Crippen LogP contribution in [-0.4, -0.2) is 13.1 Å². The molecule has 0 aromatic heterocycles. The summed E-state index contributed by atoms with van der Waals surface area (Å²) in [5, 5.41) is 0. The van der Waals surface area contributed by atoms with E-state index >= 15 is 0 Å². The second-order valence-corrected chi connectivity index (χ2v) is 7.01. The van der Waals surface area contributed by atoms with Crippen LogP contribution in [0.15, 0.2) is 22.7 Å². The summed E-state index contributed by atoms with van der Waals surface area (Å²) >= 11 is 3.70. The van der Waals surface area contributed by atoms with Gasteiger partial charge >= 0.3 is 0 Å². The number of piperidine rings is 1. The predicted molar refractivity (Wildman–Crippen MR) is 86.6 cm³/mol. The molecule has 0 amide bonds. The minimum Gasteiger partial charge on any atom is -0.371 e. The van der Waals surface area contributed by atoms with E-state index in [1.807, 2.05) is 6.92 Å². The molecule has 1 heterocycles. The second kappa shape index (κ2) is 5.84. The third-order valence-electron chi connectivity index (χ3n) is 4.66. The summed E-state index contributed by atoms with van der Waals surface area (Å²) in [5.41, 5.74) is 8.96. The minimum absolute atomic E-state index is 0.0927. The van der Waals surface area contributed by atoms with E-state index < -0.39 is 0 Å². The van der Waals surface area contributed by atoms with E-state index in [9.17, 15) is 0 Å². The fourth-order valence-electron chi connectivity index (χ4n) is 2.70. The van der Waals surface area contributed by atoms with Crippen molar-refractivity contribution in [3.63, 3.8) is 0 Å². The molecular weight excluding hydrogens is 300 g/mol. The van der Waals surface area contributed by atoms with Crippen LogP contribution in [0.25, 0.3) is 0 Å². The van der Waals surface area contributed by atoms with Crippen LogP contribution < -0.4 is 10.6 Å². The maximum absolute atomic E-state index is 5.93. The molecule has 2 N–H and O–H groups in total. The average molecular weight is 325 g/mol. The smallest absolute Gasteiger partial charge is 0.0510 e. The van der Waals surface area contributed by atoms with Gasteiger partial charge in [0.1, 0.15) is 0 Å². The zero-order chi connectivity index (χ0) is 14.0. The van der Waals surface area contributed by atoms with Gasteiger partial charge in [0.05, 0.1) is 5.69 Å². The van der Waals surface area contributed by atoms with Crippen molar-refractivity contribution in [1.82, 2.24) is 0 Å². The molecule has 0 unspecified atom stereocenters. The molecule has 1 aromatic carbocycles. The highest BCUT2D eigenvalue weighted by Crippen LogP contribution is 2.38. The van der Waals surface area contributed by atoms with Gasteiger partial charge in [-0.25, -0.2) is 0 Å². The van der Waals surface area contributed by atoms with Crippen molar-refractivity contribution in [2.45, 2.75) is 46.1 Å².